The van der Waals surface area contributed by atoms with Crippen molar-refractivity contribution in [3.63, 3.8) is 0 Å². The molecule has 0 bridgehead atoms. The lowest BCUT2D eigenvalue weighted by molar-refractivity contribution is -0.141. The summed E-state index contributed by atoms with van der Waals surface area (Å²) in [6.07, 6.45) is -1.67. The van der Waals surface area contributed by atoms with Gasteiger partial charge in [-0.15, -0.1) is 0 Å². The molecule has 1 amide bonds. The van der Waals surface area contributed by atoms with Crippen LogP contribution in [0.25, 0.3) is 0 Å². The van der Waals surface area contributed by atoms with Gasteiger partial charge in [0.15, 0.2) is 0 Å². The van der Waals surface area contributed by atoms with Crippen LogP contribution in [0.15, 0.2) is 24.3 Å². The normalized spacial score (nSPS) is 24.8. The van der Waals surface area contributed by atoms with Crippen LogP contribution in [0.3, 0.4) is 0 Å². The second kappa shape index (κ2) is 5.79. The molecule has 0 aliphatic heterocycles. The van der Waals surface area contributed by atoms with E-state index < -0.39 is 23.2 Å². The van der Waals surface area contributed by atoms with Gasteiger partial charge in [-0.05, 0) is 49.3 Å². The van der Waals surface area contributed by atoms with Crippen LogP contribution < -0.4 is 5.32 Å². The van der Waals surface area contributed by atoms with Gasteiger partial charge in [-0.25, -0.2) is 0 Å². The standard InChI is InChI=1S/C17H18F3NO3/c18-17(19,20)11-4-2-10(3-5-11)12-8-13(12)15(24)21-16(6-1-7-16)9-14(22)23/h2-5,12-13H,1,6-9H2,(H,21,24)(H,22,23). The largest absolute Gasteiger partial charge is 0.481 e. The van der Waals surface area contributed by atoms with Crippen LogP contribution in [0.5, 0.6) is 0 Å². The number of aliphatic carboxylic acids is 1. The maximum atomic E-state index is 12.6. The summed E-state index contributed by atoms with van der Waals surface area (Å²) in [6, 6.07) is 4.88. The van der Waals surface area contributed by atoms with Gasteiger partial charge in [0.25, 0.3) is 0 Å². The van der Waals surface area contributed by atoms with Gasteiger partial charge in [-0.1, -0.05) is 12.1 Å². The first-order valence-corrected chi connectivity index (χ1v) is 7.91. The maximum absolute atomic E-state index is 12.6. The number of hydrogen-bond donors (Lipinski definition) is 2. The number of amides is 1. The Balaban J connectivity index is 1.60. The highest BCUT2D eigenvalue weighted by Gasteiger charge is 2.48. The van der Waals surface area contributed by atoms with Crippen LogP contribution in [0, 0.1) is 5.92 Å². The molecule has 0 saturated heterocycles. The Hall–Kier alpha value is -2.05. The highest BCUT2D eigenvalue weighted by Crippen LogP contribution is 2.49. The van der Waals surface area contributed by atoms with E-state index in [-0.39, 0.29) is 24.2 Å². The van der Waals surface area contributed by atoms with Crippen molar-refractivity contribution in [2.24, 2.45) is 5.92 Å². The van der Waals surface area contributed by atoms with Crippen molar-refractivity contribution in [3.8, 4) is 0 Å². The predicted octanol–water partition coefficient (Wildman–Crippen LogP) is 3.32. The third-order valence-electron chi connectivity index (χ3n) is 4.98. The minimum atomic E-state index is -4.37. The second-order valence-corrected chi connectivity index (χ2v) is 6.76. The summed E-state index contributed by atoms with van der Waals surface area (Å²) in [5, 5.41) is 11.8. The van der Waals surface area contributed by atoms with Crippen molar-refractivity contribution in [2.75, 3.05) is 0 Å². The minimum Gasteiger partial charge on any atom is -0.481 e. The maximum Gasteiger partial charge on any atom is 0.416 e. The number of carbonyl (C=O) groups excluding carboxylic acids is 1. The Morgan fingerprint density at radius 2 is 1.83 bits per heavy atom. The number of rotatable bonds is 5. The molecule has 2 fully saturated rings. The number of nitrogens with one attached hydrogen (secondary N) is 1. The molecule has 24 heavy (non-hydrogen) atoms. The average Bonchev–Trinajstić information content (AvgIpc) is 3.24. The van der Waals surface area contributed by atoms with Gasteiger partial charge in [0.05, 0.1) is 17.5 Å². The topological polar surface area (TPSA) is 66.4 Å². The number of carbonyl (C=O) groups is 2. The monoisotopic (exact) mass is 341 g/mol. The summed E-state index contributed by atoms with van der Waals surface area (Å²) in [6.45, 7) is 0. The Morgan fingerprint density at radius 1 is 1.21 bits per heavy atom. The van der Waals surface area contributed by atoms with E-state index in [2.05, 4.69) is 5.32 Å². The van der Waals surface area contributed by atoms with Crippen molar-refractivity contribution in [1.82, 2.24) is 5.32 Å². The molecule has 0 spiro atoms. The number of halogens is 3. The van der Waals surface area contributed by atoms with Crippen LogP contribution >= 0.6 is 0 Å². The Morgan fingerprint density at radius 3 is 2.29 bits per heavy atom. The fraction of sp³-hybridized carbons (Fsp3) is 0.529. The zero-order valence-electron chi connectivity index (χ0n) is 12.9. The van der Waals surface area contributed by atoms with Gasteiger partial charge in [-0.2, -0.15) is 13.2 Å². The Bertz CT molecular complexity index is 650. The van der Waals surface area contributed by atoms with E-state index in [1.807, 2.05) is 0 Å². The van der Waals surface area contributed by atoms with Crippen molar-refractivity contribution < 1.29 is 27.9 Å². The number of carboxylic acids is 1. The SMILES string of the molecule is O=C(O)CC1(NC(=O)C2CC2c2ccc(C(F)(F)F)cc2)CCC1. The fourth-order valence-corrected chi connectivity index (χ4v) is 3.37. The molecule has 2 aliphatic rings. The van der Waals surface area contributed by atoms with Crippen molar-refractivity contribution in [2.45, 2.75) is 49.7 Å². The number of hydrogen-bond acceptors (Lipinski definition) is 2. The highest BCUT2D eigenvalue weighted by atomic mass is 19.4. The summed E-state index contributed by atoms with van der Waals surface area (Å²) >= 11 is 0. The number of alkyl halides is 3. The molecule has 0 heterocycles. The lowest BCUT2D eigenvalue weighted by Gasteiger charge is -2.41. The number of benzene rings is 1. The summed E-state index contributed by atoms with van der Waals surface area (Å²) in [5.41, 5.74) is -0.636. The van der Waals surface area contributed by atoms with Crippen LogP contribution in [0.2, 0.25) is 0 Å². The molecule has 2 aliphatic carbocycles. The summed E-state index contributed by atoms with van der Waals surface area (Å²) in [5.74, 6) is -1.51. The molecule has 2 atom stereocenters. The van der Waals surface area contributed by atoms with Gasteiger partial charge >= 0.3 is 12.1 Å². The fourth-order valence-electron chi connectivity index (χ4n) is 3.37. The van der Waals surface area contributed by atoms with Gasteiger partial charge in [-0.3, -0.25) is 9.59 Å². The average molecular weight is 341 g/mol. The first-order valence-electron chi connectivity index (χ1n) is 7.91. The molecule has 1 aromatic rings. The third-order valence-corrected chi connectivity index (χ3v) is 4.98. The molecule has 1 aromatic carbocycles. The zero-order chi connectivity index (χ0) is 17.5. The van der Waals surface area contributed by atoms with Crippen molar-refractivity contribution in [3.05, 3.63) is 35.4 Å². The van der Waals surface area contributed by atoms with Gasteiger partial charge in [0.2, 0.25) is 5.91 Å². The molecule has 4 nitrogen and oxygen atoms in total. The smallest absolute Gasteiger partial charge is 0.416 e. The molecule has 7 heteroatoms. The van der Waals surface area contributed by atoms with E-state index in [9.17, 15) is 22.8 Å². The summed E-state index contributed by atoms with van der Waals surface area (Å²) in [4.78, 5) is 23.3. The van der Waals surface area contributed by atoms with E-state index in [0.29, 0.717) is 24.8 Å². The van der Waals surface area contributed by atoms with E-state index in [4.69, 9.17) is 5.11 Å². The lowest BCUT2D eigenvalue weighted by Crippen LogP contribution is -2.55. The van der Waals surface area contributed by atoms with E-state index in [1.54, 1.807) is 0 Å². The highest BCUT2D eigenvalue weighted by molar-refractivity contribution is 5.84. The molecule has 2 saturated carbocycles. The van der Waals surface area contributed by atoms with Crippen LogP contribution in [0.4, 0.5) is 13.2 Å². The van der Waals surface area contributed by atoms with Gasteiger partial charge in [0, 0.05) is 5.92 Å². The predicted molar refractivity (Wildman–Crippen MR) is 79.3 cm³/mol. The van der Waals surface area contributed by atoms with Crippen molar-refractivity contribution in [1.29, 1.82) is 0 Å². The second-order valence-electron chi connectivity index (χ2n) is 6.76. The molecule has 130 valence electrons. The number of carboxylic acid groups (broad SMARTS) is 1. The molecular weight excluding hydrogens is 323 g/mol. The van der Waals surface area contributed by atoms with E-state index in [0.717, 1.165) is 18.6 Å². The molecule has 2 N–H and O–H groups in total. The van der Waals surface area contributed by atoms with Crippen LogP contribution in [-0.2, 0) is 15.8 Å². The molecule has 0 aromatic heterocycles. The molecule has 2 unspecified atom stereocenters. The van der Waals surface area contributed by atoms with E-state index in [1.165, 1.54) is 12.1 Å². The Kier molecular flexibility index (Phi) is 4.05. The van der Waals surface area contributed by atoms with Crippen LogP contribution in [-0.4, -0.2) is 22.5 Å². The lowest BCUT2D eigenvalue weighted by atomic mass is 9.74. The van der Waals surface area contributed by atoms with Gasteiger partial charge < -0.3 is 10.4 Å². The molecule has 0 radical (unpaired) electrons. The summed E-state index contributed by atoms with van der Waals surface area (Å²) in [7, 11) is 0. The van der Waals surface area contributed by atoms with Crippen molar-refractivity contribution >= 4 is 11.9 Å². The molecular formula is C17H18F3NO3. The minimum absolute atomic E-state index is 0.0869. The Labute approximate surface area is 137 Å². The molecule has 3 rings (SSSR count). The van der Waals surface area contributed by atoms with E-state index >= 15 is 0 Å². The first-order chi connectivity index (χ1) is 11.2. The zero-order valence-corrected chi connectivity index (χ0v) is 12.9. The quantitative estimate of drug-likeness (QED) is 0.863. The van der Waals surface area contributed by atoms with Gasteiger partial charge in [0.1, 0.15) is 0 Å². The van der Waals surface area contributed by atoms with Crippen LogP contribution in [0.1, 0.15) is 49.1 Å². The first kappa shape index (κ1) is 16.8. The summed E-state index contributed by atoms with van der Waals surface area (Å²) < 4.78 is 37.7. The third kappa shape index (κ3) is 3.39.